The van der Waals surface area contributed by atoms with Crippen LogP contribution in [0.15, 0.2) is 141 Å². The Balaban J connectivity index is 1.32. The lowest BCUT2D eigenvalue weighted by atomic mass is 10.1. The Hall–Kier alpha value is -9.17. The lowest BCUT2D eigenvalue weighted by Gasteiger charge is -2.14. The smallest absolute Gasteiger partial charge is 0.358 e. The number of carboxylic acids is 1. The van der Waals surface area contributed by atoms with Crippen molar-refractivity contribution in [2.75, 3.05) is 60.0 Å². The molecule has 1 heterocycles. The summed E-state index contributed by atoms with van der Waals surface area (Å²) in [5.74, 6) is -4.72. The van der Waals surface area contributed by atoms with E-state index in [0.717, 1.165) is 42.5 Å². The minimum absolute atomic E-state index is 0.0508. The molecular formula is C48H46N10O22S3. The van der Waals surface area contributed by atoms with Crippen molar-refractivity contribution in [1.29, 1.82) is 0 Å². The van der Waals surface area contributed by atoms with Gasteiger partial charge in [-0.05, 0) is 48.9 Å². The number of carbonyl (C=O) groups is 1. The van der Waals surface area contributed by atoms with Crippen molar-refractivity contribution < 1.29 is 103 Å². The largest absolute Gasteiger partial charge is 0.505 e. The van der Waals surface area contributed by atoms with Crippen molar-refractivity contribution in [3.63, 3.8) is 0 Å². The second-order valence-corrected chi connectivity index (χ2v) is 20.7. The number of aromatic hydroxyl groups is 2. The second-order valence-electron chi connectivity index (χ2n) is 16.6. The maximum atomic E-state index is 13.1. The molecule has 0 spiro atoms. The van der Waals surface area contributed by atoms with E-state index in [1.165, 1.54) is 49.6 Å². The molecule has 0 bridgehead atoms. The van der Waals surface area contributed by atoms with E-state index in [1.54, 1.807) is 6.92 Å². The van der Waals surface area contributed by atoms with Gasteiger partial charge in [-0.2, -0.15) is 35.0 Å². The number of aromatic carboxylic acids is 1. The van der Waals surface area contributed by atoms with Crippen LogP contribution >= 0.6 is 0 Å². The van der Waals surface area contributed by atoms with Crippen LogP contribution in [0.4, 0.5) is 45.5 Å². The highest BCUT2D eigenvalue weighted by Gasteiger charge is 2.29. The quantitative estimate of drug-likeness (QED) is 0.0187. The summed E-state index contributed by atoms with van der Waals surface area (Å²) < 4.78 is 133. The molecule has 438 valence electrons. The third kappa shape index (κ3) is 14.5. The van der Waals surface area contributed by atoms with E-state index < -0.39 is 119 Å². The van der Waals surface area contributed by atoms with Crippen LogP contribution in [0.25, 0.3) is 16.5 Å². The molecule has 0 aliphatic heterocycles. The number of nitrogens with zero attached hydrogens (tertiary/aromatic N) is 10. The molecule has 0 unspecified atom stereocenters. The summed E-state index contributed by atoms with van der Waals surface area (Å²) in [6, 6.07) is 16.3. The number of ether oxygens (including phenoxy) is 5. The number of aliphatic hydroxyl groups is 4. The van der Waals surface area contributed by atoms with Crippen LogP contribution in [0.3, 0.4) is 0 Å². The zero-order valence-electron chi connectivity index (χ0n) is 42.8. The molecule has 0 radical (unpaired) electrons. The van der Waals surface area contributed by atoms with E-state index in [0.29, 0.717) is 10.2 Å². The molecule has 7 rings (SSSR count). The summed E-state index contributed by atoms with van der Waals surface area (Å²) >= 11 is 0. The molecular weight excluding hydrogens is 1160 g/mol. The normalized spacial score (nSPS) is 12.3. The Morgan fingerprint density at radius 3 is 1.37 bits per heavy atom. The number of phenols is 1. The number of benzene rings is 6. The fourth-order valence-corrected chi connectivity index (χ4v) is 9.35. The number of aromatic nitrogens is 2. The highest BCUT2D eigenvalue weighted by Crippen LogP contribution is 2.48. The summed E-state index contributed by atoms with van der Waals surface area (Å²) in [5.41, 5.74) is -4.25. The number of rotatable bonds is 26. The molecule has 10 N–H and O–H groups in total. The molecule has 35 heteroatoms. The minimum Gasteiger partial charge on any atom is -0.505 e. The van der Waals surface area contributed by atoms with Gasteiger partial charge in [0.05, 0.1) is 39.2 Å². The average molecular weight is 1210 g/mol. The van der Waals surface area contributed by atoms with Gasteiger partial charge in [-0.25, -0.2) is 4.79 Å². The first-order valence-corrected chi connectivity index (χ1v) is 27.8. The Morgan fingerprint density at radius 2 is 0.940 bits per heavy atom. The number of hydrogen-bond acceptors (Lipinski definition) is 27. The molecule has 0 saturated carbocycles. The summed E-state index contributed by atoms with van der Waals surface area (Å²) in [6.07, 6.45) is 0. The summed E-state index contributed by atoms with van der Waals surface area (Å²) in [7, 11) is -13.8. The van der Waals surface area contributed by atoms with Gasteiger partial charge < -0.3 is 59.4 Å². The molecule has 0 aliphatic carbocycles. The lowest BCUT2D eigenvalue weighted by molar-refractivity contribution is 0.0690. The maximum absolute atomic E-state index is 13.1. The van der Waals surface area contributed by atoms with Crippen LogP contribution in [0.1, 0.15) is 16.1 Å². The monoisotopic (exact) mass is 1210 g/mol. The van der Waals surface area contributed by atoms with Gasteiger partial charge in [0.1, 0.15) is 110 Å². The van der Waals surface area contributed by atoms with Gasteiger partial charge in [0.25, 0.3) is 30.4 Å². The second kappa shape index (κ2) is 26.2. The van der Waals surface area contributed by atoms with Gasteiger partial charge in [0.2, 0.25) is 11.6 Å². The van der Waals surface area contributed by atoms with Crippen molar-refractivity contribution in [3.05, 3.63) is 96.2 Å². The first-order valence-electron chi connectivity index (χ1n) is 23.5. The predicted molar refractivity (Wildman–Crippen MR) is 285 cm³/mol. The molecule has 1 aromatic heterocycles. The molecule has 0 amide bonds. The van der Waals surface area contributed by atoms with Crippen molar-refractivity contribution >= 4 is 92.6 Å². The molecule has 0 aliphatic rings. The first-order chi connectivity index (χ1) is 39.4. The molecule has 0 atom stereocenters. The van der Waals surface area contributed by atoms with Crippen LogP contribution in [0.5, 0.6) is 40.4 Å². The number of azo groups is 4. The third-order valence-corrected chi connectivity index (χ3v) is 13.6. The lowest BCUT2D eigenvalue weighted by Crippen LogP contribution is -2.04. The average Bonchev–Trinajstić information content (AvgIpc) is 3.88. The van der Waals surface area contributed by atoms with Crippen LogP contribution in [-0.2, 0) is 30.4 Å². The van der Waals surface area contributed by atoms with Crippen molar-refractivity contribution in [2.45, 2.75) is 21.6 Å². The van der Waals surface area contributed by atoms with Crippen LogP contribution in [0, 0.1) is 6.92 Å². The number of carboxylic acid groups (broad SMARTS) is 1. The molecule has 83 heavy (non-hydrogen) atoms. The highest BCUT2D eigenvalue weighted by atomic mass is 32.2. The standard InChI is InChI=1S/C48H46N10O22S3/c1-25-6-8-29(40(18-25)81(67,68)69)49-51-31-21-38(79-16-12-61)33(23-36(31)77-14-10-59)53-55-43-42(83(73,74)75)20-28-27(46(43)63)4-3-5-35(28)58-47(64)44(45(57-58)48(65)66)56-54-34-24-37(78-15-11-60)32(22-39(34)80-17-13-62)52-50-30-9-7-26(76-2)19-41(30)82(70,71)72/h3-9,18-24,59-64H,10-17H2,1-2H3,(H,65,66)(H,67,68,69)(H,70,71,72)(H,73,74,75)/b51-49+,52-50+,55-53+,56-54+. The van der Waals surface area contributed by atoms with E-state index in [2.05, 4.69) is 46.0 Å². The number of aliphatic hydroxyl groups excluding tert-OH is 4. The molecule has 32 nitrogen and oxygen atoms in total. The zero-order chi connectivity index (χ0) is 60.4. The number of fused-ring (bicyclic) bond motifs is 1. The fraction of sp³-hybridized carbons (Fsp3) is 0.208. The van der Waals surface area contributed by atoms with E-state index in [-0.39, 0.29) is 92.5 Å². The summed E-state index contributed by atoms with van der Waals surface area (Å²) in [4.78, 5) is 10.3. The number of methoxy groups -OCH3 is 1. The summed E-state index contributed by atoms with van der Waals surface area (Å²) in [5, 5.41) is 107. The van der Waals surface area contributed by atoms with Gasteiger partial charge in [-0.3, -0.25) is 13.7 Å². The van der Waals surface area contributed by atoms with Crippen molar-refractivity contribution in [1.82, 2.24) is 9.78 Å². The Kier molecular flexibility index (Phi) is 19.4. The summed E-state index contributed by atoms with van der Waals surface area (Å²) in [6.45, 7) is -2.16. The predicted octanol–water partition coefficient (Wildman–Crippen LogP) is 7.34. The molecule has 6 aromatic carbocycles. The van der Waals surface area contributed by atoms with Gasteiger partial charge in [0, 0.05) is 41.1 Å². The Labute approximate surface area is 468 Å². The van der Waals surface area contributed by atoms with Crippen molar-refractivity contribution in [3.8, 4) is 46.1 Å². The number of phenolic OH excluding ortho intramolecular Hbond substituents is 1. The molecule has 0 fully saturated rings. The number of aryl methyl sites for hydroxylation is 1. The maximum Gasteiger partial charge on any atom is 0.358 e. The van der Waals surface area contributed by atoms with Gasteiger partial charge in [0.15, 0.2) is 11.4 Å². The van der Waals surface area contributed by atoms with Crippen LogP contribution in [-0.4, -0.2) is 150 Å². The van der Waals surface area contributed by atoms with E-state index in [4.69, 9.17) is 23.7 Å². The zero-order valence-corrected chi connectivity index (χ0v) is 45.3. The topological polar surface area (TPSA) is 485 Å². The molecule has 7 aromatic rings. The van der Waals surface area contributed by atoms with E-state index in [1.807, 2.05) is 0 Å². The number of hydrogen-bond donors (Lipinski definition) is 10. The van der Waals surface area contributed by atoms with E-state index >= 15 is 0 Å². The van der Waals surface area contributed by atoms with Gasteiger partial charge in [-0.1, -0.05) is 18.2 Å². The Morgan fingerprint density at radius 1 is 0.518 bits per heavy atom. The van der Waals surface area contributed by atoms with Gasteiger partial charge in [-0.15, -0.1) is 40.9 Å². The van der Waals surface area contributed by atoms with Gasteiger partial charge >= 0.3 is 5.97 Å². The molecule has 0 saturated heterocycles. The van der Waals surface area contributed by atoms with Crippen LogP contribution < -0.4 is 23.7 Å². The highest BCUT2D eigenvalue weighted by molar-refractivity contribution is 7.86. The van der Waals surface area contributed by atoms with Crippen LogP contribution in [0.2, 0.25) is 0 Å². The minimum atomic E-state index is -5.41. The SMILES string of the molecule is COc1ccc(/N=N/c2cc(OCCO)c(/N=N/c3c(C(=O)O)nn(-c4cccc5c(O)c(/N=N/c6cc(OCCO)c(/N=N/c7ccc(C)cc7S(=O)(=O)O)cc6OCCO)c(S(=O)(=O)O)cc45)c3O)cc2OCCO)c(S(=O)(=O)O)c1. The third-order valence-electron chi connectivity index (χ3n) is 11.0. The Bertz CT molecular complexity index is 4100. The first kappa shape index (κ1) is 61.4. The van der Waals surface area contributed by atoms with Crippen molar-refractivity contribution in [2.24, 2.45) is 40.9 Å². The van der Waals surface area contributed by atoms with E-state index in [9.17, 15) is 79.5 Å². The fourth-order valence-electron chi connectivity index (χ4n) is 7.36.